The zero-order valence-corrected chi connectivity index (χ0v) is 28.0. The van der Waals surface area contributed by atoms with Gasteiger partial charge in [0.05, 0.1) is 14.6 Å². The minimum atomic E-state index is -2.03. The van der Waals surface area contributed by atoms with E-state index in [4.69, 9.17) is 0 Å². The molecule has 2 heterocycles. The fourth-order valence-electron chi connectivity index (χ4n) is 6.46. The molecule has 0 aromatic heterocycles. The van der Waals surface area contributed by atoms with Gasteiger partial charge in [-0.1, -0.05) is 138 Å². The quantitative estimate of drug-likeness (QED) is 0.134. The summed E-state index contributed by atoms with van der Waals surface area (Å²) in [7, 11) is -2.03. The zero-order chi connectivity index (χ0) is 29.3. The van der Waals surface area contributed by atoms with E-state index in [0.29, 0.717) is 0 Å². The third-order valence-corrected chi connectivity index (χ3v) is 17.0. The average Bonchev–Trinajstić information content (AvgIpc) is 3.83. The Labute approximate surface area is 275 Å². The lowest BCUT2D eigenvalue weighted by Gasteiger charge is -2.28. The van der Waals surface area contributed by atoms with Gasteiger partial charge in [-0.25, -0.2) is 0 Å². The van der Waals surface area contributed by atoms with Gasteiger partial charge in [0.15, 0.2) is 0 Å². The predicted octanol–water partition coefficient (Wildman–Crippen LogP) is 9.52. The monoisotopic (exact) mass is 655 g/mol. The second kappa shape index (κ2) is 12.4. The van der Waals surface area contributed by atoms with E-state index in [1.165, 1.54) is 61.9 Å². The van der Waals surface area contributed by atoms with Crippen LogP contribution in [0.1, 0.15) is 5.56 Å². The van der Waals surface area contributed by atoms with Gasteiger partial charge in [0.2, 0.25) is 0 Å². The van der Waals surface area contributed by atoms with Crippen LogP contribution in [0.15, 0.2) is 155 Å². The molecule has 2 aliphatic heterocycles. The lowest BCUT2D eigenvalue weighted by atomic mass is 9.97. The summed E-state index contributed by atoms with van der Waals surface area (Å²) in [5.74, 6) is 0. The van der Waals surface area contributed by atoms with Gasteiger partial charge in [0.1, 0.15) is 23.2 Å². The smallest absolute Gasteiger partial charge is 0.0895 e. The Kier molecular flexibility index (Phi) is 7.96. The third kappa shape index (κ3) is 4.98. The summed E-state index contributed by atoms with van der Waals surface area (Å²) in [6, 6.07) is 50.0. The predicted molar refractivity (Wildman–Crippen MR) is 205 cm³/mol. The molecule has 0 radical (unpaired) electrons. The Balaban J connectivity index is 1.45. The van der Waals surface area contributed by atoms with Crippen molar-refractivity contribution in [3.8, 4) is 0 Å². The Bertz CT molecular complexity index is 2070. The molecule has 0 spiro atoms. The van der Waals surface area contributed by atoms with Crippen LogP contribution in [0.3, 0.4) is 0 Å². The zero-order valence-electron chi connectivity index (χ0n) is 23.8. The van der Waals surface area contributed by atoms with Gasteiger partial charge < -0.3 is 0 Å². The molecular weight excluding hydrogens is 628 g/mol. The van der Waals surface area contributed by atoms with Crippen molar-refractivity contribution in [1.29, 1.82) is 0 Å². The molecule has 6 aromatic rings. The van der Waals surface area contributed by atoms with Crippen LogP contribution >= 0.6 is 54.3 Å². The number of thioether (sulfide) groups is 4. The molecule has 6 aromatic carbocycles. The molecule has 8 rings (SSSR count). The number of benzene rings is 6. The van der Waals surface area contributed by atoms with E-state index in [2.05, 4.69) is 155 Å². The van der Waals surface area contributed by atoms with E-state index < -0.39 is 7.26 Å². The van der Waals surface area contributed by atoms with Crippen LogP contribution in [0.5, 0.6) is 0 Å². The van der Waals surface area contributed by atoms with Gasteiger partial charge in [-0.2, -0.15) is 0 Å². The maximum atomic E-state index is 2.52. The fourth-order valence-corrected chi connectivity index (χ4v) is 14.5. The van der Waals surface area contributed by atoms with Crippen molar-refractivity contribution in [1.82, 2.24) is 0 Å². The second-order valence-electron chi connectivity index (χ2n) is 10.7. The third-order valence-electron chi connectivity index (χ3n) is 8.32. The van der Waals surface area contributed by atoms with Crippen LogP contribution in [0.25, 0.3) is 30.0 Å². The highest BCUT2D eigenvalue weighted by atomic mass is 32.2. The molecule has 5 heteroatoms. The second-order valence-corrected chi connectivity index (χ2v) is 18.4. The molecule has 0 N–H and O–H groups in total. The lowest BCUT2D eigenvalue weighted by Crippen LogP contribution is -2.32. The molecule has 0 aliphatic carbocycles. The Morgan fingerprint density at radius 3 is 1.23 bits per heavy atom. The SMILES string of the molecule is C1=CSC(=c2c3ccccc3c(=C3SC=CS3)c3cc(C[P+](c4ccccc4)(c4ccccc4)c4ccccc4)ccc23)S1. The van der Waals surface area contributed by atoms with Crippen LogP contribution in [-0.2, 0) is 6.16 Å². The summed E-state index contributed by atoms with van der Waals surface area (Å²) in [6.07, 6.45) is 0.956. The van der Waals surface area contributed by atoms with Gasteiger partial charge in [-0.3, -0.25) is 0 Å². The molecule has 44 heavy (non-hydrogen) atoms. The van der Waals surface area contributed by atoms with Crippen molar-refractivity contribution < 1.29 is 0 Å². The Morgan fingerprint density at radius 1 is 0.386 bits per heavy atom. The first kappa shape index (κ1) is 28.4. The molecule has 0 saturated carbocycles. The maximum absolute atomic E-state index is 2.52. The largest absolute Gasteiger partial charge is 0.116 e. The van der Waals surface area contributed by atoms with E-state index in [1.54, 1.807) is 0 Å². The summed E-state index contributed by atoms with van der Waals surface area (Å²) < 4.78 is 2.72. The minimum absolute atomic E-state index is 0.956. The number of rotatable bonds is 5. The van der Waals surface area contributed by atoms with Crippen molar-refractivity contribution in [2.45, 2.75) is 6.16 Å². The van der Waals surface area contributed by atoms with Crippen LogP contribution in [0.4, 0.5) is 0 Å². The number of hydrogen-bond acceptors (Lipinski definition) is 4. The highest BCUT2D eigenvalue weighted by Gasteiger charge is 2.45. The average molecular weight is 656 g/mol. The molecule has 0 saturated heterocycles. The fraction of sp³-hybridized carbons (Fsp3) is 0.0256. The number of fused-ring (bicyclic) bond motifs is 2. The molecule has 0 bridgehead atoms. The van der Waals surface area contributed by atoms with Crippen LogP contribution in [0.2, 0.25) is 0 Å². The van der Waals surface area contributed by atoms with E-state index in [0.717, 1.165) is 6.16 Å². The van der Waals surface area contributed by atoms with Crippen molar-refractivity contribution in [2.24, 2.45) is 0 Å². The number of hydrogen-bond donors (Lipinski definition) is 0. The van der Waals surface area contributed by atoms with Crippen LogP contribution < -0.4 is 26.4 Å². The molecule has 0 unspecified atom stereocenters. The van der Waals surface area contributed by atoms with Gasteiger partial charge in [0.25, 0.3) is 0 Å². The standard InChI is InChI=1S/C39H28PS4/c1-4-12-29(13-5-1)40(30-14-6-2-7-15-30,31-16-8-3-9-17-31)27-28-20-21-34-35(26-28)37(39-43-24-25-44-39)33-19-11-10-18-32(33)36(34)38-41-22-23-42-38/h1-26H,27H2/q+1. The first-order valence-corrected chi connectivity index (χ1v) is 20.1. The summed E-state index contributed by atoms with van der Waals surface area (Å²) in [5, 5.41) is 21.2. The van der Waals surface area contributed by atoms with Crippen molar-refractivity contribution in [3.05, 3.63) is 171 Å². The summed E-state index contributed by atoms with van der Waals surface area (Å²) >= 11 is 7.39. The van der Waals surface area contributed by atoms with E-state index in [-0.39, 0.29) is 0 Å². The maximum Gasteiger partial charge on any atom is 0.116 e. The summed E-state index contributed by atoms with van der Waals surface area (Å²) in [6.45, 7) is 0. The summed E-state index contributed by atoms with van der Waals surface area (Å²) in [4.78, 5) is 0. The van der Waals surface area contributed by atoms with Gasteiger partial charge in [-0.05, 0) is 91.2 Å². The lowest BCUT2D eigenvalue weighted by molar-refractivity contribution is 1.41. The Morgan fingerprint density at radius 2 is 0.773 bits per heavy atom. The van der Waals surface area contributed by atoms with Crippen LogP contribution in [0, 0.1) is 0 Å². The van der Waals surface area contributed by atoms with Gasteiger partial charge >= 0.3 is 0 Å². The highest BCUT2D eigenvalue weighted by Crippen LogP contribution is 2.58. The molecule has 2 aliphatic rings. The van der Waals surface area contributed by atoms with Crippen molar-refractivity contribution >= 4 is 100 Å². The van der Waals surface area contributed by atoms with Gasteiger partial charge in [0, 0.05) is 10.4 Å². The molecule has 0 fully saturated rings. The van der Waals surface area contributed by atoms with Crippen molar-refractivity contribution in [2.75, 3.05) is 0 Å². The minimum Gasteiger partial charge on any atom is -0.0895 e. The molecule has 212 valence electrons. The first-order valence-electron chi connectivity index (χ1n) is 14.6. The molecular formula is C39H28PS4+. The van der Waals surface area contributed by atoms with Crippen LogP contribution in [-0.4, -0.2) is 0 Å². The molecule has 0 amide bonds. The molecule has 0 nitrogen and oxygen atoms in total. The molecule has 0 atom stereocenters. The van der Waals surface area contributed by atoms with Gasteiger partial charge in [-0.15, -0.1) is 0 Å². The first-order chi connectivity index (χ1) is 21.8. The topological polar surface area (TPSA) is 0 Å². The van der Waals surface area contributed by atoms with Crippen molar-refractivity contribution in [3.63, 3.8) is 0 Å². The normalized spacial score (nSPS) is 14.7. The van der Waals surface area contributed by atoms with E-state index in [1.807, 2.05) is 47.0 Å². The van der Waals surface area contributed by atoms with E-state index >= 15 is 0 Å². The Hall–Kier alpha value is -3.11. The highest BCUT2D eigenvalue weighted by molar-refractivity contribution is 8.35. The van der Waals surface area contributed by atoms with E-state index in [9.17, 15) is 0 Å². The summed E-state index contributed by atoms with van der Waals surface area (Å²) in [5.41, 5.74) is 1.38.